The molecule has 0 fully saturated rings. The molecule has 1 amide bonds. The van der Waals surface area contributed by atoms with Gasteiger partial charge >= 0.3 is 0 Å². The highest BCUT2D eigenvalue weighted by Crippen LogP contribution is 2.35. The molecule has 0 saturated carbocycles. The van der Waals surface area contributed by atoms with Crippen molar-refractivity contribution in [2.75, 3.05) is 11.9 Å². The van der Waals surface area contributed by atoms with Crippen LogP contribution >= 0.6 is 0 Å². The summed E-state index contributed by atoms with van der Waals surface area (Å²) in [6.07, 6.45) is 2.38. The Morgan fingerprint density at radius 1 is 1.48 bits per heavy atom. The van der Waals surface area contributed by atoms with Gasteiger partial charge in [-0.1, -0.05) is 19.1 Å². The Balaban J connectivity index is 2.07. The minimum absolute atomic E-state index is 0.420. The Morgan fingerprint density at radius 3 is 3.04 bits per heavy atom. The lowest BCUT2D eigenvalue weighted by Gasteiger charge is -2.27. The van der Waals surface area contributed by atoms with Gasteiger partial charge in [-0.15, -0.1) is 0 Å². The molecule has 0 spiro atoms. The Hall–Kier alpha value is -2.83. The quantitative estimate of drug-likeness (QED) is 0.878. The number of benzene rings is 1. The van der Waals surface area contributed by atoms with Gasteiger partial charge in [-0.25, -0.2) is 4.68 Å². The molecule has 0 aliphatic carbocycles. The average Bonchev–Trinajstić information content (AvgIpc) is 2.99. The fourth-order valence-electron chi connectivity index (χ4n) is 2.71. The smallest absolute Gasteiger partial charge is 0.248 e. The second kappa shape index (κ2) is 6.12. The van der Waals surface area contributed by atoms with Crippen LogP contribution in [-0.2, 0) is 4.79 Å². The van der Waals surface area contributed by atoms with Crippen LogP contribution in [0.15, 0.2) is 41.9 Å². The molecule has 0 saturated heterocycles. The number of rotatable bonds is 5. The van der Waals surface area contributed by atoms with E-state index in [1.807, 2.05) is 31.2 Å². The van der Waals surface area contributed by atoms with Gasteiger partial charge in [-0.05, 0) is 31.0 Å². The van der Waals surface area contributed by atoms with E-state index in [0.717, 1.165) is 17.7 Å². The van der Waals surface area contributed by atoms with Gasteiger partial charge in [-0.3, -0.25) is 4.79 Å². The highest BCUT2D eigenvalue weighted by Gasteiger charge is 2.32. The van der Waals surface area contributed by atoms with Crippen molar-refractivity contribution in [3.05, 3.63) is 47.4 Å². The lowest BCUT2D eigenvalue weighted by atomic mass is 9.95. The van der Waals surface area contributed by atoms with E-state index >= 15 is 0 Å². The van der Waals surface area contributed by atoms with Crippen LogP contribution in [0.3, 0.4) is 0 Å². The number of nitrogens with zero attached hydrogens (tertiary/aromatic N) is 3. The van der Waals surface area contributed by atoms with Crippen LogP contribution in [0.2, 0.25) is 0 Å². The Morgan fingerprint density at radius 2 is 2.30 bits per heavy atom. The molecule has 1 aromatic heterocycles. The summed E-state index contributed by atoms with van der Waals surface area (Å²) in [7, 11) is 0. The van der Waals surface area contributed by atoms with E-state index in [-0.39, 0.29) is 0 Å². The highest BCUT2D eigenvalue weighted by atomic mass is 16.5. The fourth-order valence-corrected chi connectivity index (χ4v) is 2.71. The Labute approximate surface area is 134 Å². The number of nitrogens with one attached hydrogen (secondary N) is 1. The van der Waals surface area contributed by atoms with Gasteiger partial charge in [0, 0.05) is 5.70 Å². The number of allylic oxidation sites excluding steroid dienone is 1. The van der Waals surface area contributed by atoms with Crippen molar-refractivity contribution >= 4 is 11.9 Å². The van der Waals surface area contributed by atoms with Crippen LogP contribution in [0.4, 0.5) is 5.95 Å². The minimum atomic E-state index is -0.485. The monoisotopic (exact) mass is 313 g/mol. The number of anilines is 1. The standard InChI is InChI=1S/C16H19N5O2/c1-3-7-23-12-6-4-5-11(8-12)14-13(15(17)22)10(2)20-16-18-9-19-21(14)16/h4-6,8-9,14H,3,7H2,1-2H3,(H2,17,22)(H,18,19,20). The maximum Gasteiger partial charge on any atom is 0.248 e. The first-order valence-electron chi connectivity index (χ1n) is 7.51. The zero-order chi connectivity index (χ0) is 16.4. The molecule has 3 rings (SSSR count). The topological polar surface area (TPSA) is 95.1 Å². The van der Waals surface area contributed by atoms with E-state index in [4.69, 9.17) is 10.5 Å². The van der Waals surface area contributed by atoms with Gasteiger partial charge in [0.2, 0.25) is 11.9 Å². The molecule has 7 nitrogen and oxygen atoms in total. The summed E-state index contributed by atoms with van der Waals surface area (Å²) in [5.74, 6) is 0.851. The molecule has 1 atom stereocenters. The molecule has 2 heterocycles. The predicted octanol–water partition coefficient (Wildman–Crippen LogP) is 1.84. The van der Waals surface area contributed by atoms with Crippen molar-refractivity contribution < 1.29 is 9.53 Å². The van der Waals surface area contributed by atoms with Crippen molar-refractivity contribution in [1.29, 1.82) is 0 Å². The first-order valence-corrected chi connectivity index (χ1v) is 7.51. The molecule has 1 aromatic carbocycles. The molecule has 23 heavy (non-hydrogen) atoms. The molecule has 7 heteroatoms. The number of aromatic nitrogens is 3. The van der Waals surface area contributed by atoms with Crippen LogP contribution < -0.4 is 15.8 Å². The molecule has 1 aliphatic rings. The number of carbonyl (C=O) groups is 1. The zero-order valence-electron chi connectivity index (χ0n) is 13.1. The average molecular weight is 313 g/mol. The van der Waals surface area contributed by atoms with E-state index in [9.17, 15) is 4.79 Å². The van der Waals surface area contributed by atoms with Gasteiger partial charge in [0.05, 0.1) is 12.2 Å². The van der Waals surface area contributed by atoms with Crippen molar-refractivity contribution in [2.24, 2.45) is 5.73 Å². The molecule has 2 aromatic rings. The van der Waals surface area contributed by atoms with Crippen molar-refractivity contribution in [3.63, 3.8) is 0 Å². The van der Waals surface area contributed by atoms with Crippen LogP contribution in [0.5, 0.6) is 5.75 Å². The van der Waals surface area contributed by atoms with Crippen molar-refractivity contribution in [1.82, 2.24) is 14.8 Å². The minimum Gasteiger partial charge on any atom is -0.494 e. The zero-order valence-corrected chi connectivity index (χ0v) is 13.1. The number of amides is 1. The second-order valence-corrected chi connectivity index (χ2v) is 5.38. The summed E-state index contributed by atoms with van der Waals surface area (Å²) in [6, 6.07) is 7.20. The van der Waals surface area contributed by atoms with E-state index in [1.54, 1.807) is 4.68 Å². The summed E-state index contributed by atoms with van der Waals surface area (Å²) in [6.45, 7) is 4.50. The number of hydrogen-bond acceptors (Lipinski definition) is 5. The number of ether oxygens (including phenoxy) is 1. The molecular weight excluding hydrogens is 294 g/mol. The van der Waals surface area contributed by atoms with Gasteiger partial charge in [0.25, 0.3) is 0 Å². The van der Waals surface area contributed by atoms with Crippen molar-refractivity contribution in [2.45, 2.75) is 26.3 Å². The maximum atomic E-state index is 12.0. The molecule has 0 radical (unpaired) electrons. The predicted molar refractivity (Wildman–Crippen MR) is 85.9 cm³/mol. The van der Waals surface area contributed by atoms with Gasteiger partial charge in [0.1, 0.15) is 18.1 Å². The third kappa shape index (κ3) is 2.77. The summed E-state index contributed by atoms with van der Waals surface area (Å²) in [5, 5.41) is 7.29. The SMILES string of the molecule is CCCOc1cccc(C2C(C(N)=O)=C(C)Nc3ncnn32)c1. The Bertz CT molecular complexity index is 765. The van der Waals surface area contributed by atoms with E-state index in [0.29, 0.717) is 23.8 Å². The van der Waals surface area contributed by atoms with E-state index in [1.165, 1.54) is 6.33 Å². The van der Waals surface area contributed by atoms with Gasteiger partial charge in [0.15, 0.2) is 0 Å². The van der Waals surface area contributed by atoms with Gasteiger partial charge in [-0.2, -0.15) is 10.1 Å². The third-order valence-electron chi connectivity index (χ3n) is 3.71. The maximum absolute atomic E-state index is 12.0. The molecule has 120 valence electrons. The lowest BCUT2D eigenvalue weighted by molar-refractivity contribution is -0.115. The van der Waals surface area contributed by atoms with Crippen LogP contribution in [0, 0.1) is 0 Å². The molecular formula is C16H19N5O2. The largest absolute Gasteiger partial charge is 0.494 e. The second-order valence-electron chi connectivity index (χ2n) is 5.38. The Kier molecular flexibility index (Phi) is 4.01. The van der Waals surface area contributed by atoms with E-state index in [2.05, 4.69) is 22.3 Å². The molecule has 0 bridgehead atoms. The normalized spacial score (nSPS) is 16.7. The summed E-state index contributed by atoms with van der Waals surface area (Å²) < 4.78 is 7.34. The molecule has 1 aliphatic heterocycles. The van der Waals surface area contributed by atoms with Crippen LogP contribution in [0.1, 0.15) is 31.9 Å². The van der Waals surface area contributed by atoms with Crippen LogP contribution in [0.25, 0.3) is 0 Å². The fraction of sp³-hybridized carbons (Fsp3) is 0.312. The van der Waals surface area contributed by atoms with Crippen LogP contribution in [-0.4, -0.2) is 27.3 Å². The molecule has 3 N–H and O–H groups in total. The van der Waals surface area contributed by atoms with Gasteiger partial charge < -0.3 is 15.8 Å². The first kappa shape index (κ1) is 15.1. The third-order valence-corrected chi connectivity index (χ3v) is 3.71. The summed E-state index contributed by atoms with van der Waals surface area (Å²) in [5.41, 5.74) is 7.63. The lowest BCUT2D eigenvalue weighted by Crippen LogP contribution is -2.31. The number of nitrogens with two attached hydrogens (primary N) is 1. The summed E-state index contributed by atoms with van der Waals surface area (Å²) in [4.78, 5) is 16.1. The molecule has 1 unspecified atom stereocenters. The number of hydrogen-bond donors (Lipinski definition) is 2. The van der Waals surface area contributed by atoms with Crippen molar-refractivity contribution in [3.8, 4) is 5.75 Å². The highest BCUT2D eigenvalue weighted by molar-refractivity contribution is 5.95. The van der Waals surface area contributed by atoms with E-state index < -0.39 is 11.9 Å². The first-order chi connectivity index (χ1) is 11.1. The number of fused-ring (bicyclic) bond motifs is 1. The number of primary amides is 1. The summed E-state index contributed by atoms with van der Waals surface area (Å²) >= 11 is 0. The number of carbonyl (C=O) groups excluding carboxylic acids is 1.